The van der Waals surface area contributed by atoms with E-state index in [2.05, 4.69) is 10.3 Å². The Hall–Kier alpha value is -3.65. The van der Waals surface area contributed by atoms with Gasteiger partial charge in [-0.3, -0.25) is 4.79 Å². The lowest BCUT2D eigenvalue weighted by atomic mass is 10.1. The maximum absolute atomic E-state index is 13.0. The first-order chi connectivity index (χ1) is 14.5. The Morgan fingerprint density at radius 1 is 1.13 bits per heavy atom. The maximum atomic E-state index is 13.0. The van der Waals surface area contributed by atoms with Crippen LogP contribution < -0.4 is 5.32 Å². The summed E-state index contributed by atoms with van der Waals surface area (Å²) in [5, 5.41) is 3.06. The number of rotatable bonds is 4. The van der Waals surface area contributed by atoms with E-state index in [-0.39, 0.29) is 11.7 Å². The van der Waals surface area contributed by atoms with Gasteiger partial charge in [0, 0.05) is 11.6 Å². The first-order valence-corrected chi connectivity index (χ1v) is 9.68. The van der Waals surface area contributed by atoms with Crippen LogP contribution in [0.25, 0.3) is 17.4 Å². The van der Waals surface area contributed by atoms with Crippen LogP contribution in [0, 0.1) is 5.82 Å². The molecule has 6 nitrogen and oxygen atoms in total. The van der Waals surface area contributed by atoms with Crippen LogP contribution in [0.5, 0.6) is 0 Å². The van der Waals surface area contributed by atoms with E-state index >= 15 is 0 Å². The van der Waals surface area contributed by atoms with Crippen LogP contribution in [0.1, 0.15) is 16.1 Å². The quantitative estimate of drug-likeness (QED) is 0.484. The molecule has 30 heavy (non-hydrogen) atoms. The van der Waals surface area contributed by atoms with Crippen molar-refractivity contribution in [1.29, 1.82) is 0 Å². The number of aliphatic imine (C=N–C) groups is 1. The second-order valence-corrected chi connectivity index (χ2v) is 7.23. The summed E-state index contributed by atoms with van der Waals surface area (Å²) in [6.45, 7) is 0. The average molecular weight is 422 g/mol. The van der Waals surface area contributed by atoms with Crippen molar-refractivity contribution in [3.8, 4) is 11.3 Å². The molecule has 1 aromatic heterocycles. The normalized spacial score (nSPS) is 16.1. The highest BCUT2D eigenvalue weighted by Crippen LogP contribution is 2.31. The molecule has 1 saturated heterocycles. The zero-order valence-corrected chi connectivity index (χ0v) is 16.5. The van der Waals surface area contributed by atoms with Crippen LogP contribution in [0.2, 0.25) is 0 Å². The van der Waals surface area contributed by atoms with Gasteiger partial charge in [0.1, 0.15) is 17.3 Å². The molecule has 0 radical (unpaired) electrons. The fourth-order valence-corrected chi connectivity index (χ4v) is 3.63. The van der Waals surface area contributed by atoms with E-state index in [4.69, 9.17) is 9.15 Å². The summed E-state index contributed by atoms with van der Waals surface area (Å²) in [5.74, 6) is -0.204. The number of amides is 1. The third-order valence-corrected chi connectivity index (χ3v) is 5.12. The molecule has 1 amide bonds. The SMILES string of the molecule is COC(=O)c1ccccc1-c1ccc(/C=C2/SC(=Nc3ccc(F)cc3)NC2=O)o1. The fourth-order valence-electron chi connectivity index (χ4n) is 2.80. The summed E-state index contributed by atoms with van der Waals surface area (Å²) in [6.07, 6.45) is 1.59. The standard InChI is InChI=1S/C22H15FN2O4S/c1-28-21(27)17-5-3-2-4-16(17)18-11-10-15(29-18)12-19-20(26)25-22(30-19)24-14-8-6-13(23)7-9-14/h2-12H,1H3,(H,24,25,26)/b19-12+. The molecule has 0 spiro atoms. The Kier molecular flexibility index (Phi) is 5.49. The minimum Gasteiger partial charge on any atom is -0.465 e. The van der Waals surface area contributed by atoms with E-state index in [1.54, 1.807) is 42.5 Å². The number of amidine groups is 1. The molecule has 2 heterocycles. The highest BCUT2D eigenvalue weighted by molar-refractivity contribution is 8.18. The lowest BCUT2D eigenvalue weighted by Crippen LogP contribution is -2.19. The first-order valence-electron chi connectivity index (χ1n) is 8.86. The van der Waals surface area contributed by atoms with Gasteiger partial charge in [0.15, 0.2) is 5.17 Å². The Morgan fingerprint density at radius 2 is 1.90 bits per heavy atom. The number of nitrogens with zero attached hydrogens (tertiary/aromatic N) is 1. The van der Waals surface area contributed by atoms with Crippen molar-refractivity contribution < 1.29 is 23.1 Å². The van der Waals surface area contributed by atoms with Crippen LogP contribution in [-0.2, 0) is 9.53 Å². The molecule has 1 aliphatic rings. The number of esters is 1. The number of methoxy groups -OCH3 is 1. The van der Waals surface area contributed by atoms with Crippen LogP contribution in [0.4, 0.5) is 10.1 Å². The highest BCUT2D eigenvalue weighted by Gasteiger charge is 2.24. The number of carbonyl (C=O) groups is 2. The Labute approximate surface area is 175 Å². The second-order valence-electron chi connectivity index (χ2n) is 6.20. The van der Waals surface area contributed by atoms with Crippen molar-refractivity contribution >= 4 is 40.6 Å². The van der Waals surface area contributed by atoms with E-state index in [1.165, 1.54) is 31.4 Å². The van der Waals surface area contributed by atoms with Crippen LogP contribution >= 0.6 is 11.8 Å². The molecule has 150 valence electrons. The smallest absolute Gasteiger partial charge is 0.338 e. The van der Waals surface area contributed by atoms with Gasteiger partial charge >= 0.3 is 5.97 Å². The summed E-state index contributed by atoms with van der Waals surface area (Å²) in [7, 11) is 1.32. The molecule has 1 aliphatic heterocycles. The minimum absolute atomic E-state index is 0.311. The Morgan fingerprint density at radius 3 is 2.67 bits per heavy atom. The summed E-state index contributed by atoms with van der Waals surface area (Å²) in [5.41, 5.74) is 1.51. The summed E-state index contributed by atoms with van der Waals surface area (Å²) < 4.78 is 23.6. The molecule has 1 fully saturated rings. The van der Waals surface area contributed by atoms with Gasteiger partial charge in [0.05, 0.1) is 23.3 Å². The van der Waals surface area contributed by atoms with E-state index in [1.807, 2.05) is 0 Å². The molecular formula is C22H15FN2O4S. The van der Waals surface area contributed by atoms with Gasteiger partial charge in [-0.15, -0.1) is 0 Å². The summed E-state index contributed by atoms with van der Waals surface area (Å²) in [6, 6.07) is 16.0. The van der Waals surface area contributed by atoms with Crippen LogP contribution in [0.3, 0.4) is 0 Å². The second kappa shape index (κ2) is 8.38. The minimum atomic E-state index is -0.464. The number of carbonyl (C=O) groups excluding carboxylic acids is 2. The van der Waals surface area contributed by atoms with Gasteiger partial charge in [0.2, 0.25) is 0 Å². The summed E-state index contributed by atoms with van der Waals surface area (Å²) >= 11 is 1.15. The predicted molar refractivity (Wildman–Crippen MR) is 113 cm³/mol. The molecular weight excluding hydrogens is 407 g/mol. The average Bonchev–Trinajstić information content (AvgIpc) is 3.36. The number of ether oxygens (including phenoxy) is 1. The van der Waals surface area contributed by atoms with Gasteiger partial charge in [-0.25, -0.2) is 14.2 Å². The van der Waals surface area contributed by atoms with E-state index < -0.39 is 5.97 Å². The molecule has 8 heteroatoms. The van der Waals surface area contributed by atoms with Gasteiger partial charge in [-0.2, -0.15) is 0 Å². The third-order valence-electron chi connectivity index (χ3n) is 4.21. The lowest BCUT2D eigenvalue weighted by molar-refractivity contribution is -0.115. The van der Waals surface area contributed by atoms with Crippen molar-refractivity contribution in [3.63, 3.8) is 0 Å². The fraction of sp³-hybridized carbons (Fsp3) is 0.0455. The van der Waals surface area contributed by atoms with Crippen molar-refractivity contribution in [2.24, 2.45) is 4.99 Å². The zero-order valence-electron chi connectivity index (χ0n) is 15.7. The zero-order chi connectivity index (χ0) is 21.1. The molecule has 4 rings (SSSR count). The van der Waals surface area contributed by atoms with E-state index in [0.29, 0.717) is 38.4 Å². The molecule has 2 aromatic carbocycles. The maximum Gasteiger partial charge on any atom is 0.338 e. The first kappa shape index (κ1) is 19.7. The van der Waals surface area contributed by atoms with Gasteiger partial charge in [-0.1, -0.05) is 18.2 Å². The number of benzene rings is 2. The monoisotopic (exact) mass is 422 g/mol. The van der Waals surface area contributed by atoms with Gasteiger partial charge in [-0.05, 0) is 54.2 Å². The number of thioether (sulfide) groups is 1. The summed E-state index contributed by atoms with van der Waals surface area (Å²) in [4.78, 5) is 28.9. The lowest BCUT2D eigenvalue weighted by Gasteiger charge is -2.04. The van der Waals surface area contributed by atoms with Gasteiger partial charge in [0.25, 0.3) is 5.91 Å². The number of nitrogens with one attached hydrogen (secondary N) is 1. The molecule has 1 N–H and O–H groups in total. The van der Waals surface area contributed by atoms with Crippen molar-refractivity contribution in [2.45, 2.75) is 0 Å². The number of furan rings is 1. The van der Waals surface area contributed by atoms with Crippen molar-refractivity contribution in [1.82, 2.24) is 5.32 Å². The van der Waals surface area contributed by atoms with Crippen LogP contribution in [-0.4, -0.2) is 24.2 Å². The Bertz CT molecular complexity index is 1180. The van der Waals surface area contributed by atoms with E-state index in [9.17, 15) is 14.0 Å². The highest BCUT2D eigenvalue weighted by atomic mass is 32.2. The largest absolute Gasteiger partial charge is 0.465 e. The van der Waals surface area contributed by atoms with Crippen molar-refractivity contribution in [3.05, 3.63) is 82.7 Å². The third kappa shape index (κ3) is 4.18. The topological polar surface area (TPSA) is 80.9 Å². The Balaban J connectivity index is 1.57. The van der Waals surface area contributed by atoms with Crippen molar-refractivity contribution in [2.75, 3.05) is 7.11 Å². The van der Waals surface area contributed by atoms with Gasteiger partial charge < -0.3 is 14.5 Å². The predicted octanol–water partition coefficient (Wildman–Crippen LogP) is 4.76. The number of hydrogen-bond acceptors (Lipinski definition) is 6. The molecule has 0 bridgehead atoms. The van der Waals surface area contributed by atoms with Crippen LogP contribution in [0.15, 0.2) is 75.0 Å². The molecule has 0 saturated carbocycles. The van der Waals surface area contributed by atoms with E-state index in [0.717, 1.165) is 11.8 Å². The number of halogens is 1. The molecule has 0 aliphatic carbocycles. The molecule has 0 atom stereocenters. The number of hydrogen-bond donors (Lipinski definition) is 1. The molecule has 3 aromatic rings. The molecule has 0 unspecified atom stereocenters.